The largest absolute Gasteiger partial charge is 0.497 e. The highest BCUT2D eigenvalue weighted by Gasteiger charge is 2.03. The third-order valence-electron chi connectivity index (χ3n) is 2.41. The summed E-state index contributed by atoms with van der Waals surface area (Å²) in [5, 5.41) is 0. The Labute approximate surface area is 99.1 Å². The lowest BCUT2D eigenvalue weighted by atomic mass is 10.1. The molecule has 0 saturated heterocycles. The van der Waals surface area contributed by atoms with Gasteiger partial charge in [0.15, 0.2) is 0 Å². The lowest BCUT2D eigenvalue weighted by molar-refractivity contribution is 0.1000. The highest BCUT2D eigenvalue weighted by atomic mass is 16.5. The van der Waals surface area contributed by atoms with Gasteiger partial charge >= 0.3 is 0 Å². The molecular formula is C13H12N2O2. The normalized spacial score (nSPS) is 9.94. The first-order chi connectivity index (χ1) is 8.20. The fourth-order valence-corrected chi connectivity index (χ4v) is 1.49. The van der Waals surface area contributed by atoms with Crippen molar-refractivity contribution in [1.29, 1.82) is 0 Å². The zero-order valence-electron chi connectivity index (χ0n) is 9.38. The number of primary amides is 1. The van der Waals surface area contributed by atoms with Gasteiger partial charge in [-0.2, -0.15) is 0 Å². The third-order valence-corrected chi connectivity index (χ3v) is 2.41. The molecule has 1 heterocycles. The van der Waals surface area contributed by atoms with Crippen molar-refractivity contribution < 1.29 is 9.53 Å². The van der Waals surface area contributed by atoms with E-state index in [-0.39, 0.29) is 0 Å². The van der Waals surface area contributed by atoms with Crippen molar-refractivity contribution in [1.82, 2.24) is 4.98 Å². The first kappa shape index (κ1) is 11.1. The summed E-state index contributed by atoms with van der Waals surface area (Å²) in [5.41, 5.74) is 7.25. The fraction of sp³-hybridized carbons (Fsp3) is 0.0769. The SMILES string of the molecule is COc1cccc(-c2ccc(C(N)=O)cn2)c1. The molecule has 2 N–H and O–H groups in total. The van der Waals surface area contributed by atoms with Gasteiger partial charge in [-0.05, 0) is 24.3 Å². The number of rotatable bonds is 3. The summed E-state index contributed by atoms with van der Waals surface area (Å²) in [6.45, 7) is 0. The molecule has 4 nitrogen and oxygen atoms in total. The molecule has 0 aliphatic rings. The molecule has 0 fully saturated rings. The molecule has 1 aromatic heterocycles. The van der Waals surface area contributed by atoms with Gasteiger partial charge in [-0.15, -0.1) is 0 Å². The number of hydrogen-bond donors (Lipinski definition) is 1. The second kappa shape index (κ2) is 4.65. The molecule has 86 valence electrons. The minimum absolute atomic E-state index is 0.400. The van der Waals surface area contributed by atoms with Crippen LogP contribution in [0.3, 0.4) is 0 Å². The van der Waals surface area contributed by atoms with Crippen LogP contribution >= 0.6 is 0 Å². The second-order valence-electron chi connectivity index (χ2n) is 3.53. The summed E-state index contributed by atoms with van der Waals surface area (Å²) in [7, 11) is 1.61. The Hall–Kier alpha value is -2.36. The maximum absolute atomic E-state index is 10.9. The molecule has 2 rings (SSSR count). The maximum atomic E-state index is 10.9. The molecule has 1 aromatic carbocycles. The van der Waals surface area contributed by atoms with Crippen LogP contribution in [0.25, 0.3) is 11.3 Å². The third kappa shape index (κ3) is 2.42. The van der Waals surface area contributed by atoms with Gasteiger partial charge in [0.1, 0.15) is 5.75 Å². The number of pyridine rings is 1. The van der Waals surface area contributed by atoms with Crippen molar-refractivity contribution in [3.8, 4) is 17.0 Å². The first-order valence-corrected chi connectivity index (χ1v) is 5.11. The number of aromatic nitrogens is 1. The lowest BCUT2D eigenvalue weighted by Crippen LogP contribution is -2.10. The quantitative estimate of drug-likeness (QED) is 0.871. The van der Waals surface area contributed by atoms with Crippen LogP contribution in [0.1, 0.15) is 10.4 Å². The number of carbonyl (C=O) groups excluding carboxylic acids is 1. The van der Waals surface area contributed by atoms with Gasteiger partial charge in [-0.25, -0.2) is 0 Å². The van der Waals surface area contributed by atoms with E-state index < -0.39 is 5.91 Å². The van der Waals surface area contributed by atoms with Crippen molar-refractivity contribution in [3.05, 3.63) is 48.2 Å². The van der Waals surface area contributed by atoms with Gasteiger partial charge in [0.25, 0.3) is 0 Å². The Morgan fingerprint density at radius 1 is 1.29 bits per heavy atom. The van der Waals surface area contributed by atoms with Crippen LogP contribution in [0.4, 0.5) is 0 Å². The van der Waals surface area contributed by atoms with E-state index >= 15 is 0 Å². The van der Waals surface area contributed by atoms with Crippen molar-refractivity contribution in [2.24, 2.45) is 5.73 Å². The van der Waals surface area contributed by atoms with E-state index in [1.807, 2.05) is 24.3 Å². The molecule has 4 heteroatoms. The van der Waals surface area contributed by atoms with Crippen molar-refractivity contribution in [2.45, 2.75) is 0 Å². The maximum Gasteiger partial charge on any atom is 0.250 e. The molecule has 0 aliphatic carbocycles. The number of benzene rings is 1. The Bertz CT molecular complexity index is 535. The summed E-state index contributed by atoms with van der Waals surface area (Å²) in [6, 6.07) is 11.0. The molecule has 2 aromatic rings. The Balaban J connectivity index is 2.36. The van der Waals surface area contributed by atoms with Crippen molar-refractivity contribution in [2.75, 3.05) is 7.11 Å². The number of amides is 1. The van der Waals surface area contributed by atoms with E-state index in [2.05, 4.69) is 4.98 Å². The predicted molar refractivity (Wildman–Crippen MR) is 64.7 cm³/mol. The fourth-order valence-electron chi connectivity index (χ4n) is 1.49. The van der Waals surface area contributed by atoms with Crippen LogP contribution in [0.2, 0.25) is 0 Å². The standard InChI is InChI=1S/C13H12N2O2/c1-17-11-4-2-3-9(7-11)12-6-5-10(8-15-12)13(14)16/h2-8H,1H3,(H2,14,16). The van der Waals surface area contributed by atoms with E-state index in [4.69, 9.17) is 10.5 Å². The minimum atomic E-state index is -0.477. The van der Waals surface area contributed by atoms with E-state index in [0.29, 0.717) is 5.56 Å². The van der Waals surface area contributed by atoms with Gasteiger partial charge in [0, 0.05) is 11.8 Å². The molecular weight excluding hydrogens is 216 g/mol. The van der Waals surface area contributed by atoms with Crippen molar-refractivity contribution in [3.63, 3.8) is 0 Å². The molecule has 0 aliphatic heterocycles. The molecule has 1 amide bonds. The number of nitrogens with two attached hydrogens (primary N) is 1. The van der Waals surface area contributed by atoms with Crippen molar-refractivity contribution >= 4 is 5.91 Å². The number of methoxy groups -OCH3 is 1. The van der Waals surface area contributed by atoms with Crippen LogP contribution in [-0.2, 0) is 0 Å². The highest BCUT2D eigenvalue weighted by Crippen LogP contribution is 2.21. The van der Waals surface area contributed by atoms with Crippen LogP contribution in [0, 0.1) is 0 Å². The molecule has 0 radical (unpaired) electrons. The topological polar surface area (TPSA) is 65.2 Å². The van der Waals surface area contributed by atoms with E-state index in [1.54, 1.807) is 19.2 Å². The Morgan fingerprint density at radius 3 is 2.71 bits per heavy atom. The summed E-state index contributed by atoms with van der Waals surface area (Å²) in [6.07, 6.45) is 1.47. The monoisotopic (exact) mass is 228 g/mol. The predicted octanol–water partition coefficient (Wildman–Crippen LogP) is 1.86. The second-order valence-corrected chi connectivity index (χ2v) is 3.53. The summed E-state index contributed by atoms with van der Waals surface area (Å²) < 4.78 is 5.14. The molecule has 0 bridgehead atoms. The number of ether oxygens (including phenoxy) is 1. The van der Waals surface area contributed by atoms with Gasteiger partial charge in [-0.3, -0.25) is 9.78 Å². The number of carbonyl (C=O) groups is 1. The van der Waals surface area contributed by atoms with Crippen LogP contribution in [-0.4, -0.2) is 18.0 Å². The molecule has 0 saturated carbocycles. The number of nitrogens with zero attached hydrogens (tertiary/aromatic N) is 1. The zero-order chi connectivity index (χ0) is 12.3. The molecule has 17 heavy (non-hydrogen) atoms. The van der Waals surface area contributed by atoms with Gasteiger partial charge in [0.05, 0.1) is 18.4 Å². The molecule has 0 spiro atoms. The molecule has 0 unspecified atom stereocenters. The average molecular weight is 228 g/mol. The minimum Gasteiger partial charge on any atom is -0.497 e. The van der Waals surface area contributed by atoms with Gasteiger partial charge in [0.2, 0.25) is 5.91 Å². The number of hydrogen-bond acceptors (Lipinski definition) is 3. The highest BCUT2D eigenvalue weighted by molar-refractivity contribution is 5.92. The Kier molecular flexibility index (Phi) is 3.05. The van der Waals surface area contributed by atoms with E-state index in [1.165, 1.54) is 6.20 Å². The van der Waals surface area contributed by atoms with Crippen LogP contribution in [0.15, 0.2) is 42.6 Å². The van der Waals surface area contributed by atoms with Crippen LogP contribution < -0.4 is 10.5 Å². The Morgan fingerprint density at radius 2 is 2.12 bits per heavy atom. The van der Waals surface area contributed by atoms with Gasteiger partial charge in [-0.1, -0.05) is 12.1 Å². The first-order valence-electron chi connectivity index (χ1n) is 5.11. The zero-order valence-corrected chi connectivity index (χ0v) is 9.38. The lowest BCUT2D eigenvalue weighted by Gasteiger charge is -2.04. The summed E-state index contributed by atoms with van der Waals surface area (Å²) in [5.74, 6) is 0.290. The smallest absolute Gasteiger partial charge is 0.250 e. The molecule has 0 atom stereocenters. The van der Waals surface area contributed by atoms with E-state index in [0.717, 1.165) is 17.0 Å². The van der Waals surface area contributed by atoms with E-state index in [9.17, 15) is 4.79 Å². The van der Waals surface area contributed by atoms with Crippen LogP contribution in [0.5, 0.6) is 5.75 Å². The summed E-state index contributed by atoms with van der Waals surface area (Å²) >= 11 is 0. The average Bonchev–Trinajstić information content (AvgIpc) is 2.39. The summed E-state index contributed by atoms with van der Waals surface area (Å²) in [4.78, 5) is 15.1. The van der Waals surface area contributed by atoms with Gasteiger partial charge < -0.3 is 10.5 Å².